The fourth-order valence-corrected chi connectivity index (χ4v) is 2.97. The van der Waals surface area contributed by atoms with Crippen molar-refractivity contribution in [3.8, 4) is 0 Å². The Morgan fingerprint density at radius 3 is 2.11 bits per heavy atom. The number of carbonyl (C=O) groups is 1. The van der Waals surface area contributed by atoms with Gasteiger partial charge in [-0.3, -0.25) is 0 Å². The molecule has 0 fully saturated rings. The molecule has 2 rings (SSSR count). The third-order valence-electron chi connectivity index (χ3n) is 3.95. The molecule has 2 atom stereocenters. The minimum atomic E-state index is -0.562. The molecule has 0 spiro atoms. The molecular weight excluding hydrogens is 356 g/mol. The van der Waals surface area contributed by atoms with Crippen molar-refractivity contribution in [1.82, 2.24) is 10.6 Å². The van der Waals surface area contributed by atoms with Crippen molar-refractivity contribution in [2.75, 3.05) is 0 Å². The summed E-state index contributed by atoms with van der Waals surface area (Å²) < 4.78 is 5.41. The van der Waals surface area contributed by atoms with Gasteiger partial charge in [-0.15, -0.1) is 0 Å². The van der Waals surface area contributed by atoms with Crippen LogP contribution in [0.15, 0.2) is 60.7 Å². The summed E-state index contributed by atoms with van der Waals surface area (Å²) in [7, 11) is 0. The molecule has 0 heterocycles. The van der Waals surface area contributed by atoms with Gasteiger partial charge in [-0.05, 0) is 45.2 Å². The monoisotopic (exact) mass is 384 g/mol. The molecule has 2 aromatic carbocycles. The minimum absolute atomic E-state index is 0.0393. The zero-order valence-electron chi connectivity index (χ0n) is 16.4. The van der Waals surface area contributed by atoms with E-state index in [1.165, 1.54) is 0 Å². The normalized spacial score (nSPS) is 13.3. The summed E-state index contributed by atoms with van der Waals surface area (Å²) in [4.78, 5) is 12.9. The van der Waals surface area contributed by atoms with E-state index in [1.807, 2.05) is 81.4 Å². The SMILES string of the molecule is C[C@@H](NC(=S)[C@H](Cc1ccccc1)NC(=O)OC(C)(C)C)c1ccccc1. The van der Waals surface area contributed by atoms with E-state index in [4.69, 9.17) is 17.0 Å². The Hall–Kier alpha value is -2.40. The lowest BCUT2D eigenvalue weighted by atomic mass is 10.0. The number of amides is 1. The number of rotatable bonds is 6. The largest absolute Gasteiger partial charge is 0.444 e. The molecule has 0 bridgehead atoms. The van der Waals surface area contributed by atoms with Gasteiger partial charge in [0.05, 0.1) is 11.0 Å². The highest BCUT2D eigenvalue weighted by molar-refractivity contribution is 7.80. The van der Waals surface area contributed by atoms with Gasteiger partial charge < -0.3 is 15.4 Å². The van der Waals surface area contributed by atoms with Crippen LogP contribution in [-0.2, 0) is 11.2 Å². The van der Waals surface area contributed by atoms with Crippen molar-refractivity contribution in [1.29, 1.82) is 0 Å². The average molecular weight is 385 g/mol. The van der Waals surface area contributed by atoms with Crippen LogP contribution in [0.4, 0.5) is 4.79 Å². The van der Waals surface area contributed by atoms with E-state index in [-0.39, 0.29) is 12.1 Å². The Bertz CT molecular complexity index is 742. The van der Waals surface area contributed by atoms with Crippen molar-refractivity contribution in [3.63, 3.8) is 0 Å². The number of ether oxygens (including phenoxy) is 1. The lowest BCUT2D eigenvalue weighted by molar-refractivity contribution is 0.0518. The van der Waals surface area contributed by atoms with Crippen LogP contribution < -0.4 is 10.6 Å². The highest BCUT2D eigenvalue weighted by atomic mass is 32.1. The smallest absolute Gasteiger partial charge is 0.408 e. The Morgan fingerprint density at radius 2 is 1.56 bits per heavy atom. The molecule has 0 aliphatic carbocycles. The number of hydrogen-bond acceptors (Lipinski definition) is 3. The second kappa shape index (κ2) is 9.51. The summed E-state index contributed by atoms with van der Waals surface area (Å²) in [5, 5.41) is 6.26. The first-order chi connectivity index (χ1) is 12.7. The molecule has 144 valence electrons. The summed E-state index contributed by atoms with van der Waals surface area (Å²) in [6.45, 7) is 7.57. The molecule has 1 amide bonds. The summed E-state index contributed by atoms with van der Waals surface area (Å²) in [6.07, 6.45) is 0.118. The number of alkyl carbamates (subject to hydrolysis) is 1. The van der Waals surface area contributed by atoms with Crippen LogP contribution in [0.2, 0.25) is 0 Å². The molecular formula is C22H28N2O2S. The fraction of sp³-hybridized carbons (Fsp3) is 0.364. The van der Waals surface area contributed by atoms with Gasteiger partial charge in [0.1, 0.15) is 5.60 Å². The molecule has 0 radical (unpaired) electrons. The number of nitrogens with one attached hydrogen (secondary N) is 2. The summed E-state index contributed by atoms with van der Waals surface area (Å²) in [5.74, 6) is 0. The third kappa shape index (κ3) is 7.39. The molecule has 4 nitrogen and oxygen atoms in total. The summed E-state index contributed by atoms with van der Waals surface area (Å²) in [6, 6.07) is 19.7. The van der Waals surface area contributed by atoms with Crippen LogP contribution in [0.1, 0.15) is 44.9 Å². The zero-order valence-corrected chi connectivity index (χ0v) is 17.2. The molecule has 27 heavy (non-hydrogen) atoms. The van der Waals surface area contributed by atoms with Crippen LogP contribution in [0, 0.1) is 0 Å². The first kappa shape index (κ1) is 20.9. The third-order valence-corrected chi connectivity index (χ3v) is 4.35. The molecule has 0 aliphatic heterocycles. The summed E-state index contributed by atoms with van der Waals surface area (Å²) >= 11 is 5.63. The molecule has 2 N–H and O–H groups in total. The predicted octanol–water partition coefficient (Wildman–Crippen LogP) is 4.80. The van der Waals surface area contributed by atoms with Crippen LogP contribution in [-0.4, -0.2) is 22.7 Å². The number of thiocarbonyl (C=S) groups is 1. The maximum Gasteiger partial charge on any atom is 0.408 e. The lowest BCUT2D eigenvalue weighted by Gasteiger charge is -2.26. The Kier molecular flexibility index (Phi) is 7.36. The quantitative estimate of drug-likeness (QED) is 0.703. The number of carbonyl (C=O) groups excluding carboxylic acids is 1. The second-order valence-electron chi connectivity index (χ2n) is 7.53. The van der Waals surface area contributed by atoms with Gasteiger partial charge >= 0.3 is 6.09 Å². The van der Waals surface area contributed by atoms with E-state index in [0.717, 1.165) is 11.1 Å². The molecule has 5 heteroatoms. The highest BCUT2D eigenvalue weighted by Gasteiger charge is 2.23. The highest BCUT2D eigenvalue weighted by Crippen LogP contribution is 2.14. The lowest BCUT2D eigenvalue weighted by Crippen LogP contribution is -2.49. The summed E-state index contributed by atoms with van der Waals surface area (Å²) in [5.41, 5.74) is 1.67. The fourth-order valence-electron chi connectivity index (χ4n) is 2.65. The molecule has 0 saturated heterocycles. The van der Waals surface area contributed by atoms with Gasteiger partial charge in [0, 0.05) is 6.04 Å². The van der Waals surface area contributed by atoms with E-state index in [2.05, 4.69) is 17.6 Å². The van der Waals surface area contributed by atoms with E-state index in [1.54, 1.807) is 0 Å². The zero-order chi connectivity index (χ0) is 19.9. The Labute approximate surface area is 167 Å². The van der Waals surface area contributed by atoms with Crippen molar-refractivity contribution in [2.45, 2.75) is 51.8 Å². The molecule has 0 saturated carbocycles. The topological polar surface area (TPSA) is 50.4 Å². The first-order valence-corrected chi connectivity index (χ1v) is 9.54. The van der Waals surface area contributed by atoms with Crippen LogP contribution in [0.3, 0.4) is 0 Å². The van der Waals surface area contributed by atoms with E-state index < -0.39 is 11.7 Å². The molecule has 2 aromatic rings. The van der Waals surface area contributed by atoms with E-state index in [9.17, 15) is 4.79 Å². The van der Waals surface area contributed by atoms with Crippen LogP contribution in [0.25, 0.3) is 0 Å². The van der Waals surface area contributed by atoms with Gasteiger partial charge in [0.15, 0.2) is 0 Å². The van der Waals surface area contributed by atoms with Gasteiger partial charge in [-0.2, -0.15) is 0 Å². The van der Waals surface area contributed by atoms with Crippen LogP contribution in [0.5, 0.6) is 0 Å². The number of benzene rings is 2. The minimum Gasteiger partial charge on any atom is -0.444 e. The Morgan fingerprint density at radius 1 is 1.00 bits per heavy atom. The average Bonchev–Trinajstić information content (AvgIpc) is 2.61. The van der Waals surface area contributed by atoms with Gasteiger partial charge in [-0.1, -0.05) is 72.9 Å². The molecule has 0 aromatic heterocycles. The van der Waals surface area contributed by atoms with Gasteiger partial charge in [0.2, 0.25) is 0 Å². The van der Waals surface area contributed by atoms with E-state index in [0.29, 0.717) is 11.4 Å². The van der Waals surface area contributed by atoms with Crippen molar-refractivity contribution in [3.05, 3.63) is 71.8 Å². The predicted molar refractivity (Wildman–Crippen MR) is 114 cm³/mol. The van der Waals surface area contributed by atoms with Gasteiger partial charge in [0.25, 0.3) is 0 Å². The van der Waals surface area contributed by atoms with Crippen molar-refractivity contribution < 1.29 is 9.53 Å². The molecule has 0 unspecified atom stereocenters. The maximum absolute atomic E-state index is 12.3. The van der Waals surface area contributed by atoms with Crippen molar-refractivity contribution >= 4 is 23.3 Å². The first-order valence-electron chi connectivity index (χ1n) is 9.13. The number of hydrogen-bond donors (Lipinski definition) is 2. The standard InChI is InChI=1S/C22H28N2O2S/c1-16(18-13-9-6-10-14-18)23-20(27)19(15-17-11-7-5-8-12-17)24-21(25)26-22(2,3)4/h5-14,16,19H,15H2,1-4H3,(H,23,27)(H,24,25)/t16-,19+/m1/s1. The van der Waals surface area contributed by atoms with Crippen molar-refractivity contribution in [2.24, 2.45) is 0 Å². The Balaban J connectivity index is 2.10. The second-order valence-corrected chi connectivity index (χ2v) is 7.97. The molecule has 0 aliphatic rings. The maximum atomic E-state index is 12.3. The van der Waals surface area contributed by atoms with Gasteiger partial charge in [-0.25, -0.2) is 4.79 Å². The van der Waals surface area contributed by atoms with Crippen LogP contribution >= 0.6 is 12.2 Å². The van der Waals surface area contributed by atoms with E-state index >= 15 is 0 Å².